The van der Waals surface area contributed by atoms with Crippen LogP contribution in [0.15, 0.2) is 53.7 Å². The van der Waals surface area contributed by atoms with Crippen LogP contribution in [0.4, 0.5) is 10.1 Å². The van der Waals surface area contributed by atoms with Gasteiger partial charge in [0.2, 0.25) is 5.90 Å². The van der Waals surface area contributed by atoms with Crippen LogP contribution in [0.25, 0.3) is 0 Å². The number of nitrogens with zero attached hydrogens (tertiary/aromatic N) is 2. The first kappa shape index (κ1) is 12.8. The van der Waals surface area contributed by atoms with Gasteiger partial charge < -0.3 is 4.74 Å². The summed E-state index contributed by atoms with van der Waals surface area (Å²) in [5.41, 5.74) is 2.02. The van der Waals surface area contributed by atoms with Gasteiger partial charge in [0.05, 0.1) is 17.3 Å². The van der Waals surface area contributed by atoms with Gasteiger partial charge in [0, 0.05) is 18.7 Å². The summed E-state index contributed by atoms with van der Waals surface area (Å²) >= 11 is 0. The highest BCUT2D eigenvalue weighted by Gasteiger charge is 2.39. The van der Waals surface area contributed by atoms with Gasteiger partial charge in [-0.3, -0.25) is 4.98 Å². The number of hydrogen-bond acceptors (Lipinski definition) is 3. The minimum atomic E-state index is -1.85. The number of fused-ring (bicyclic) bond motifs is 1. The Kier molecular flexibility index (Phi) is 3.01. The second-order valence-corrected chi connectivity index (χ2v) is 5.00. The Labute approximate surface area is 117 Å². The van der Waals surface area contributed by atoms with Crippen molar-refractivity contribution < 1.29 is 9.13 Å². The van der Waals surface area contributed by atoms with Crippen molar-refractivity contribution >= 4 is 11.6 Å². The van der Waals surface area contributed by atoms with Crippen LogP contribution in [-0.4, -0.2) is 16.7 Å². The Hall–Kier alpha value is -2.23. The van der Waals surface area contributed by atoms with E-state index < -0.39 is 11.8 Å². The highest BCUT2D eigenvalue weighted by atomic mass is 19.2. The zero-order valence-electron chi connectivity index (χ0n) is 11.4. The quantitative estimate of drug-likeness (QED) is 0.785. The number of ether oxygens (including phenoxy) is 1. The van der Waals surface area contributed by atoms with Crippen LogP contribution in [-0.2, 0) is 4.74 Å². The molecular formula is C16H15FN2O. The average molecular weight is 270 g/mol. The Morgan fingerprint density at radius 3 is 2.65 bits per heavy atom. The van der Waals surface area contributed by atoms with Gasteiger partial charge in [-0.2, -0.15) is 4.39 Å². The maximum Gasteiger partial charge on any atom is 0.255 e. The molecule has 2 atom stereocenters. The Morgan fingerprint density at radius 2 is 1.90 bits per heavy atom. The molecule has 0 saturated heterocycles. The van der Waals surface area contributed by atoms with Crippen molar-refractivity contribution in [1.82, 2.24) is 4.98 Å². The van der Waals surface area contributed by atoms with Gasteiger partial charge in [-0.15, -0.1) is 0 Å². The van der Waals surface area contributed by atoms with Crippen molar-refractivity contribution in [3.05, 3.63) is 59.9 Å². The number of rotatable bonds is 1. The molecule has 1 aromatic carbocycles. The average Bonchev–Trinajstić information content (AvgIpc) is 2.56. The third-order valence-electron chi connectivity index (χ3n) is 3.54. The Bertz CT molecular complexity index is 653. The first-order valence-corrected chi connectivity index (χ1v) is 6.55. The van der Waals surface area contributed by atoms with Crippen LogP contribution in [0.5, 0.6) is 0 Å². The molecule has 2 heterocycles. The van der Waals surface area contributed by atoms with E-state index in [1.165, 1.54) is 6.92 Å². The second kappa shape index (κ2) is 4.71. The van der Waals surface area contributed by atoms with Crippen LogP contribution < -0.4 is 0 Å². The lowest BCUT2D eigenvalue weighted by Gasteiger charge is -2.26. The van der Waals surface area contributed by atoms with Gasteiger partial charge in [-0.25, -0.2) is 4.99 Å². The maximum absolute atomic E-state index is 14.8. The van der Waals surface area contributed by atoms with E-state index in [1.807, 2.05) is 36.4 Å². The molecule has 0 N–H and O–H groups in total. The number of aromatic nitrogens is 1. The van der Waals surface area contributed by atoms with Crippen molar-refractivity contribution in [3.63, 3.8) is 0 Å². The van der Waals surface area contributed by atoms with Gasteiger partial charge in [0.1, 0.15) is 0 Å². The molecule has 3 rings (SSSR count). The summed E-state index contributed by atoms with van der Waals surface area (Å²) in [4.78, 5) is 8.70. The molecule has 2 aromatic rings. The van der Waals surface area contributed by atoms with E-state index in [1.54, 1.807) is 19.2 Å². The Morgan fingerprint density at radius 1 is 1.15 bits per heavy atom. The first-order chi connectivity index (χ1) is 9.58. The molecule has 0 bridgehead atoms. The number of pyridine rings is 1. The van der Waals surface area contributed by atoms with Gasteiger partial charge in [0.15, 0.2) is 0 Å². The fourth-order valence-electron chi connectivity index (χ4n) is 2.20. The van der Waals surface area contributed by atoms with E-state index in [0.29, 0.717) is 11.4 Å². The Balaban J connectivity index is 2.16. The van der Waals surface area contributed by atoms with Crippen LogP contribution in [0.1, 0.15) is 31.0 Å². The molecule has 0 spiro atoms. The molecule has 102 valence electrons. The predicted octanol–water partition coefficient (Wildman–Crippen LogP) is 3.98. The number of alkyl halides is 1. The molecular weight excluding hydrogens is 255 g/mol. The molecule has 0 amide bonds. The van der Waals surface area contributed by atoms with Crippen LogP contribution in [0.2, 0.25) is 0 Å². The molecule has 1 aliphatic heterocycles. The van der Waals surface area contributed by atoms with E-state index in [2.05, 4.69) is 9.98 Å². The number of hydrogen-bond donors (Lipinski definition) is 0. The molecule has 3 nitrogen and oxygen atoms in total. The van der Waals surface area contributed by atoms with Crippen molar-refractivity contribution in [2.24, 2.45) is 4.99 Å². The van der Waals surface area contributed by atoms with Crippen LogP contribution >= 0.6 is 0 Å². The van der Waals surface area contributed by atoms with E-state index >= 15 is 0 Å². The minimum Gasteiger partial charge on any atom is -0.440 e. The van der Waals surface area contributed by atoms with Crippen molar-refractivity contribution in [1.29, 1.82) is 0 Å². The molecule has 0 saturated carbocycles. The molecule has 0 radical (unpaired) electrons. The molecule has 4 heteroatoms. The molecule has 0 aliphatic carbocycles. The van der Waals surface area contributed by atoms with Crippen molar-refractivity contribution in [2.75, 3.05) is 0 Å². The van der Waals surface area contributed by atoms with Gasteiger partial charge in [0.25, 0.3) is 5.85 Å². The largest absolute Gasteiger partial charge is 0.440 e. The summed E-state index contributed by atoms with van der Waals surface area (Å²) in [6, 6.07) is 12.9. The van der Waals surface area contributed by atoms with E-state index in [-0.39, 0.29) is 5.90 Å². The van der Waals surface area contributed by atoms with Crippen LogP contribution in [0.3, 0.4) is 0 Å². The van der Waals surface area contributed by atoms with Gasteiger partial charge >= 0.3 is 0 Å². The molecule has 20 heavy (non-hydrogen) atoms. The predicted molar refractivity (Wildman–Crippen MR) is 75.9 cm³/mol. The lowest BCUT2D eigenvalue weighted by Crippen LogP contribution is -2.31. The molecule has 1 aliphatic rings. The topological polar surface area (TPSA) is 34.5 Å². The summed E-state index contributed by atoms with van der Waals surface area (Å²) in [5.74, 6) is -2.06. The fourth-order valence-corrected chi connectivity index (χ4v) is 2.20. The highest BCUT2D eigenvalue weighted by molar-refractivity contribution is 5.96. The van der Waals surface area contributed by atoms with Gasteiger partial charge in [-0.1, -0.05) is 25.1 Å². The minimum absolute atomic E-state index is 0.286. The summed E-state index contributed by atoms with van der Waals surface area (Å²) < 4.78 is 20.3. The summed E-state index contributed by atoms with van der Waals surface area (Å²) in [6.07, 6.45) is 1.65. The number of halogens is 1. The molecule has 0 fully saturated rings. The monoisotopic (exact) mass is 270 g/mol. The number of aliphatic imine (C=N–C) groups is 1. The standard InChI is InChI=1S/C16H15FN2O/c1-11-14-13(9-6-10-18-14)19-15(20-16(11,2)17)12-7-4-3-5-8-12/h3-11H,1-2H3/t11-,16-/m1/s1. The third-order valence-corrected chi connectivity index (χ3v) is 3.54. The van der Waals surface area contributed by atoms with E-state index in [9.17, 15) is 4.39 Å². The number of benzene rings is 1. The smallest absolute Gasteiger partial charge is 0.255 e. The van der Waals surface area contributed by atoms with Crippen LogP contribution in [0, 0.1) is 0 Å². The maximum atomic E-state index is 14.8. The third kappa shape index (κ3) is 2.18. The first-order valence-electron chi connectivity index (χ1n) is 6.55. The highest BCUT2D eigenvalue weighted by Crippen LogP contribution is 2.39. The zero-order valence-corrected chi connectivity index (χ0v) is 11.4. The summed E-state index contributed by atoms with van der Waals surface area (Å²) in [7, 11) is 0. The normalized spacial score (nSPS) is 25.1. The summed E-state index contributed by atoms with van der Waals surface area (Å²) in [6.45, 7) is 3.18. The molecule has 1 aromatic heterocycles. The van der Waals surface area contributed by atoms with E-state index in [4.69, 9.17) is 4.74 Å². The van der Waals surface area contributed by atoms with Crippen molar-refractivity contribution in [2.45, 2.75) is 25.6 Å². The van der Waals surface area contributed by atoms with Gasteiger partial charge in [-0.05, 0) is 24.3 Å². The lowest BCUT2D eigenvalue weighted by molar-refractivity contribution is -0.0737. The van der Waals surface area contributed by atoms with Crippen molar-refractivity contribution in [3.8, 4) is 0 Å². The SMILES string of the molecule is C[C@@H]1c2ncccc2N=C(c2ccccc2)O[C@@]1(C)F. The second-order valence-electron chi connectivity index (χ2n) is 5.00. The van der Waals surface area contributed by atoms with E-state index in [0.717, 1.165) is 5.56 Å². The summed E-state index contributed by atoms with van der Waals surface area (Å²) in [5, 5.41) is 0. The lowest BCUT2D eigenvalue weighted by atomic mass is 9.98. The fraction of sp³-hybridized carbons (Fsp3) is 0.250. The zero-order chi connectivity index (χ0) is 14.2. The molecule has 0 unspecified atom stereocenters.